The maximum absolute atomic E-state index is 12.5. The summed E-state index contributed by atoms with van der Waals surface area (Å²) in [6, 6.07) is 2.17. The molecule has 1 aliphatic carbocycles. The van der Waals surface area contributed by atoms with Gasteiger partial charge in [0, 0.05) is 6.04 Å². The smallest absolute Gasteiger partial charge is 0.272 e. The van der Waals surface area contributed by atoms with Gasteiger partial charge in [-0.05, 0) is 48.3 Å². The summed E-state index contributed by atoms with van der Waals surface area (Å²) in [5, 5.41) is 1.93. The number of aromatic nitrogens is 2. The summed E-state index contributed by atoms with van der Waals surface area (Å²) in [6.45, 7) is 4.48. The van der Waals surface area contributed by atoms with Crippen molar-refractivity contribution in [2.45, 2.75) is 32.7 Å². The van der Waals surface area contributed by atoms with E-state index in [-0.39, 0.29) is 11.6 Å². The monoisotopic (exact) mass is 280 g/mol. The molecular weight excluding hydrogens is 264 g/mol. The van der Waals surface area contributed by atoms with Crippen LogP contribution in [-0.4, -0.2) is 9.55 Å². The number of hydrogen-bond acceptors (Lipinski definition) is 3. The summed E-state index contributed by atoms with van der Waals surface area (Å²) in [6.07, 6.45) is 2.23. The zero-order chi connectivity index (χ0) is 12.9. The number of thiophene rings is 1. The van der Waals surface area contributed by atoms with Crippen LogP contribution in [0, 0.1) is 16.6 Å². The van der Waals surface area contributed by atoms with Crippen molar-refractivity contribution in [1.82, 2.24) is 9.55 Å². The number of hydrogen-bond donors (Lipinski definition) is 1. The van der Waals surface area contributed by atoms with Crippen LogP contribution in [0.1, 0.15) is 32.7 Å². The maximum Gasteiger partial charge on any atom is 0.272 e. The minimum atomic E-state index is 0.0784. The van der Waals surface area contributed by atoms with Gasteiger partial charge in [0.15, 0.2) is 4.77 Å². The molecule has 1 aliphatic rings. The van der Waals surface area contributed by atoms with Crippen molar-refractivity contribution in [1.29, 1.82) is 0 Å². The van der Waals surface area contributed by atoms with Crippen LogP contribution in [0.5, 0.6) is 0 Å². The maximum atomic E-state index is 12.5. The Kier molecular flexibility index (Phi) is 2.90. The minimum absolute atomic E-state index is 0.0784. The topological polar surface area (TPSA) is 37.8 Å². The molecule has 0 aromatic carbocycles. The summed E-state index contributed by atoms with van der Waals surface area (Å²) < 4.78 is 3.16. The first-order valence-corrected chi connectivity index (χ1v) is 7.60. The lowest BCUT2D eigenvalue weighted by Gasteiger charge is -2.20. The number of H-pyrrole nitrogens is 1. The van der Waals surface area contributed by atoms with Crippen molar-refractivity contribution in [3.05, 3.63) is 26.6 Å². The van der Waals surface area contributed by atoms with E-state index in [4.69, 9.17) is 12.2 Å². The third kappa shape index (κ3) is 1.68. The second-order valence-corrected chi connectivity index (χ2v) is 6.55. The third-order valence-electron chi connectivity index (χ3n) is 4.29. The second kappa shape index (κ2) is 4.31. The molecule has 1 saturated carbocycles. The lowest BCUT2D eigenvalue weighted by molar-refractivity contribution is 0.343. The van der Waals surface area contributed by atoms with E-state index in [9.17, 15) is 4.79 Å². The summed E-state index contributed by atoms with van der Waals surface area (Å²) in [5.41, 5.74) is 0.944. The molecule has 0 radical (unpaired) electrons. The fourth-order valence-corrected chi connectivity index (χ4v) is 4.07. The first-order valence-electron chi connectivity index (χ1n) is 6.31. The van der Waals surface area contributed by atoms with E-state index >= 15 is 0 Å². The number of aromatic amines is 1. The van der Waals surface area contributed by atoms with Crippen molar-refractivity contribution in [2.24, 2.45) is 11.8 Å². The zero-order valence-corrected chi connectivity index (χ0v) is 12.1. The van der Waals surface area contributed by atoms with Gasteiger partial charge in [-0.2, -0.15) is 0 Å². The van der Waals surface area contributed by atoms with E-state index in [0.29, 0.717) is 16.6 Å². The Morgan fingerprint density at radius 3 is 2.89 bits per heavy atom. The first-order chi connectivity index (χ1) is 8.59. The molecule has 0 spiro atoms. The molecule has 96 valence electrons. The normalized spacial score (nSPS) is 28.0. The van der Waals surface area contributed by atoms with Gasteiger partial charge >= 0.3 is 0 Å². The number of nitrogens with one attached hydrogen (secondary N) is 1. The summed E-state index contributed by atoms with van der Waals surface area (Å²) in [5.74, 6) is 1.17. The van der Waals surface area contributed by atoms with Crippen LogP contribution in [0.4, 0.5) is 0 Å². The molecule has 3 unspecified atom stereocenters. The van der Waals surface area contributed by atoms with Crippen LogP contribution in [0.25, 0.3) is 10.2 Å². The molecule has 2 aromatic heterocycles. The van der Waals surface area contributed by atoms with Gasteiger partial charge in [0.25, 0.3) is 5.56 Å². The van der Waals surface area contributed by atoms with Crippen LogP contribution < -0.4 is 5.56 Å². The van der Waals surface area contributed by atoms with Gasteiger partial charge < -0.3 is 4.98 Å². The molecule has 1 N–H and O–H groups in total. The molecule has 3 atom stereocenters. The van der Waals surface area contributed by atoms with Gasteiger partial charge in [0.05, 0.1) is 5.52 Å². The van der Waals surface area contributed by atoms with Crippen LogP contribution in [0.15, 0.2) is 16.2 Å². The Morgan fingerprint density at radius 2 is 2.22 bits per heavy atom. The number of fused-ring (bicyclic) bond motifs is 1. The quantitative estimate of drug-likeness (QED) is 0.808. The summed E-state index contributed by atoms with van der Waals surface area (Å²) in [4.78, 5) is 15.7. The average molecular weight is 280 g/mol. The second-order valence-electron chi connectivity index (χ2n) is 5.25. The van der Waals surface area contributed by atoms with Crippen LogP contribution in [0.3, 0.4) is 0 Å². The molecule has 0 saturated heterocycles. The molecule has 18 heavy (non-hydrogen) atoms. The Morgan fingerprint density at radius 1 is 1.44 bits per heavy atom. The lowest BCUT2D eigenvalue weighted by Crippen LogP contribution is -2.28. The van der Waals surface area contributed by atoms with Gasteiger partial charge in [-0.15, -0.1) is 11.3 Å². The fourth-order valence-electron chi connectivity index (χ4n) is 2.95. The summed E-state index contributed by atoms with van der Waals surface area (Å²) in [7, 11) is 0. The zero-order valence-electron chi connectivity index (χ0n) is 10.5. The van der Waals surface area contributed by atoms with Crippen LogP contribution in [-0.2, 0) is 0 Å². The molecule has 2 aromatic rings. The number of rotatable bonds is 1. The van der Waals surface area contributed by atoms with Crippen molar-refractivity contribution in [3.8, 4) is 0 Å². The Bertz CT molecular complexity index is 697. The highest BCUT2D eigenvalue weighted by molar-refractivity contribution is 7.71. The Labute approximate surface area is 114 Å². The lowest BCUT2D eigenvalue weighted by atomic mass is 9.98. The minimum Gasteiger partial charge on any atom is -0.331 e. The van der Waals surface area contributed by atoms with E-state index in [0.717, 1.165) is 16.6 Å². The molecule has 1 fully saturated rings. The SMILES string of the molecule is CC1CCC(n2c(=S)[nH]c3ccsc3c2=O)C1C. The molecule has 2 heterocycles. The number of nitrogens with zero attached hydrogens (tertiary/aromatic N) is 1. The fraction of sp³-hybridized carbons (Fsp3) is 0.538. The highest BCUT2D eigenvalue weighted by Crippen LogP contribution is 2.39. The van der Waals surface area contributed by atoms with Crippen molar-refractivity contribution in [2.75, 3.05) is 0 Å². The van der Waals surface area contributed by atoms with E-state index < -0.39 is 0 Å². The van der Waals surface area contributed by atoms with E-state index in [1.807, 2.05) is 16.0 Å². The summed E-state index contributed by atoms with van der Waals surface area (Å²) >= 11 is 6.86. The van der Waals surface area contributed by atoms with Crippen molar-refractivity contribution in [3.63, 3.8) is 0 Å². The molecule has 5 heteroatoms. The van der Waals surface area contributed by atoms with E-state index in [2.05, 4.69) is 18.8 Å². The molecule has 3 rings (SSSR count). The predicted octanol–water partition coefficient (Wildman–Crippen LogP) is 3.73. The van der Waals surface area contributed by atoms with E-state index in [1.165, 1.54) is 17.8 Å². The van der Waals surface area contributed by atoms with Gasteiger partial charge in [-0.1, -0.05) is 13.8 Å². The third-order valence-corrected chi connectivity index (χ3v) is 5.49. The molecular formula is C13H16N2OS2. The van der Waals surface area contributed by atoms with Gasteiger partial charge in [-0.3, -0.25) is 9.36 Å². The van der Waals surface area contributed by atoms with Gasteiger partial charge in [0.1, 0.15) is 4.70 Å². The standard InChI is InChI=1S/C13H16N2OS2/c1-7-3-4-10(8(7)2)15-12(16)11-9(5-6-18-11)14-13(15)17/h5-8,10H,3-4H2,1-2H3,(H,14,17). The van der Waals surface area contributed by atoms with Crippen molar-refractivity contribution >= 4 is 33.8 Å². The molecule has 0 aliphatic heterocycles. The first kappa shape index (κ1) is 12.1. The predicted molar refractivity (Wildman–Crippen MR) is 77.9 cm³/mol. The highest BCUT2D eigenvalue weighted by atomic mass is 32.1. The molecule has 3 nitrogen and oxygen atoms in total. The van der Waals surface area contributed by atoms with Gasteiger partial charge in [-0.25, -0.2) is 0 Å². The highest BCUT2D eigenvalue weighted by Gasteiger charge is 2.32. The average Bonchev–Trinajstić information content (AvgIpc) is 2.90. The van der Waals surface area contributed by atoms with E-state index in [1.54, 1.807) is 0 Å². The molecule has 0 amide bonds. The van der Waals surface area contributed by atoms with Crippen molar-refractivity contribution < 1.29 is 0 Å². The van der Waals surface area contributed by atoms with Crippen LogP contribution in [0.2, 0.25) is 0 Å². The van der Waals surface area contributed by atoms with Crippen LogP contribution >= 0.6 is 23.6 Å². The Balaban J connectivity index is 2.23. The Hall–Kier alpha value is -0.940. The molecule has 0 bridgehead atoms. The van der Waals surface area contributed by atoms with Gasteiger partial charge in [0.2, 0.25) is 0 Å². The largest absolute Gasteiger partial charge is 0.331 e.